The van der Waals surface area contributed by atoms with Crippen LogP contribution in [-0.4, -0.2) is 43.0 Å². The summed E-state index contributed by atoms with van der Waals surface area (Å²) in [7, 11) is 1.56. The van der Waals surface area contributed by atoms with Gasteiger partial charge in [0.1, 0.15) is 11.8 Å². The average Bonchev–Trinajstić information content (AvgIpc) is 2.78. The van der Waals surface area contributed by atoms with Gasteiger partial charge in [0.2, 0.25) is 11.9 Å². The maximum atomic E-state index is 13.0. The molecule has 1 N–H and O–H groups in total. The minimum atomic E-state index is -1.07. The number of benzene rings is 2. The molecule has 0 saturated heterocycles. The number of nitrogens with zero attached hydrogens (tertiary/aromatic N) is 2. The van der Waals surface area contributed by atoms with Crippen molar-refractivity contribution < 1.29 is 19.1 Å². The van der Waals surface area contributed by atoms with E-state index in [1.807, 2.05) is 35.2 Å². The molecule has 0 aliphatic carbocycles. The number of guanidine groups is 1. The number of rotatable bonds is 4. The van der Waals surface area contributed by atoms with E-state index in [2.05, 4.69) is 17.4 Å². The monoisotopic (exact) mass is 407 g/mol. The molecule has 7 nitrogen and oxygen atoms in total. The van der Waals surface area contributed by atoms with Crippen molar-refractivity contribution in [3.05, 3.63) is 65.2 Å². The summed E-state index contributed by atoms with van der Waals surface area (Å²) in [6, 6.07) is 14.9. The number of nitrogens with one attached hydrogen (secondary N) is 1. The summed E-state index contributed by atoms with van der Waals surface area (Å²) in [5.41, 5.74) is 3.20. The van der Waals surface area contributed by atoms with E-state index in [9.17, 15) is 9.59 Å². The first kappa shape index (κ1) is 19.9. The molecule has 0 unspecified atom stereocenters. The Hall–Kier alpha value is -3.35. The summed E-state index contributed by atoms with van der Waals surface area (Å²) in [5.74, 6) is -1.00. The van der Waals surface area contributed by atoms with Gasteiger partial charge in [-0.25, -0.2) is 4.99 Å². The van der Waals surface area contributed by atoms with Gasteiger partial charge in [0.05, 0.1) is 13.7 Å². The molecule has 4 rings (SSSR count). The normalized spacial score (nSPS) is 20.7. The summed E-state index contributed by atoms with van der Waals surface area (Å²) in [4.78, 5) is 32.5. The first-order valence-electron chi connectivity index (χ1n) is 10.1. The van der Waals surface area contributed by atoms with Crippen LogP contribution in [0.25, 0.3) is 0 Å². The van der Waals surface area contributed by atoms with Crippen LogP contribution in [0, 0.1) is 5.92 Å². The molecular weight excluding hydrogens is 382 g/mol. The van der Waals surface area contributed by atoms with Gasteiger partial charge in [0.25, 0.3) is 0 Å². The zero-order valence-corrected chi connectivity index (χ0v) is 17.1. The Morgan fingerprint density at radius 2 is 1.90 bits per heavy atom. The highest BCUT2D eigenvalue weighted by Crippen LogP contribution is 2.36. The molecule has 0 fully saturated rings. The lowest BCUT2D eigenvalue weighted by Gasteiger charge is -2.36. The van der Waals surface area contributed by atoms with Crippen LogP contribution in [0.4, 0.5) is 0 Å². The number of carbonyl (C=O) groups is 2. The van der Waals surface area contributed by atoms with Crippen molar-refractivity contribution in [2.45, 2.75) is 25.9 Å². The van der Waals surface area contributed by atoms with Gasteiger partial charge in [0, 0.05) is 18.7 Å². The number of hydrogen-bond donors (Lipinski definition) is 1. The van der Waals surface area contributed by atoms with E-state index >= 15 is 0 Å². The average molecular weight is 407 g/mol. The lowest BCUT2D eigenvalue weighted by atomic mass is 9.90. The molecule has 2 aromatic rings. The third-order valence-electron chi connectivity index (χ3n) is 5.52. The van der Waals surface area contributed by atoms with Crippen LogP contribution in [0.2, 0.25) is 0 Å². The summed E-state index contributed by atoms with van der Waals surface area (Å²) < 4.78 is 10.7. The van der Waals surface area contributed by atoms with Crippen LogP contribution in [0.15, 0.2) is 53.5 Å². The Kier molecular flexibility index (Phi) is 5.70. The van der Waals surface area contributed by atoms with Gasteiger partial charge in [-0.2, -0.15) is 0 Å². The number of fused-ring (bicyclic) bond motifs is 1. The Morgan fingerprint density at radius 3 is 2.67 bits per heavy atom. The Bertz CT molecular complexity index is 988. The smallest absolute Gasteiger partial charge is 0.321 e. The van der Waals surface area contributed by atoms with Crippen molar-refractivity contribution in [2.75, 3.05) is 20.3 Å². The van der Waals surface area contributed by atoms with Gasteiger partial charge in [-0.1, -0.05) is 42.5 Å². The standard InChI is InChI=1S/C23H25N3O4/c1-3-30-22(28)19-20(17-10-6-7-11-18(17)29-2)24-23(25-21(19)27)26-13-12-15-8-4-5-9-16(15)14-26/h4-11,19-20H,3,12-14H2,1-2H3,(H,24,25,27)/t19-,20+/m1/s1. The van der Waals surface area contributed by atoms with E-state index in [1.54, 1.807) is 20.1 Å². The number of para-hydroxylation sites is 1. The maximum absolute atomic E-state index is 13.0. The van der Waals surface area contributed by atoms with Crippen LogP contribution in [0.3, 0.4) is 0 Å². The molecule has 2 atom stereocenters. The van der Waals surface area contributed by atoms with Crippen LogP contribution in [-0.2, 0) is 27.3 Å². The zero-order chi connectivity index (χ0) is 21.1. The van der Waals surface area contributed by atoms with E-state index in [0.29, 0.717) is 23.8 Å². The molecule has 30 heavy (non-hydrogen) atoms. The van der Waals surface area contributed by atoms with Gasteiger partial charge in [-0.3, -0.25) is 14.9 Å². The van der Waals surface area contributed by atoms with Crippen LogP contribution in [0.5, 0.6) is 5.75 Å². The number of methoxy groups -OCH3 is 1. The fraction of sp³-hybridized carbons (Fsp3) is 0.348. The van der Waals surface area contributed by atoms with E-state index in [1.165, 1.54) is 11.1 Å². The van der Waals surface area contributed by atoms with Crippen molar-refractivity contribution in [1.82, 2.24) is 10.2 Å². The van der Waals surface area contributed by atoms with Crippen molar-refractivity contribution >= 4 is 17.8 Å². The quantitative estimate of drug-likeness (QED) is 0.622. The number of hydrogen-bond acceptors (Lipinski definition) is 6. The van der Waals surface area contributed by atoms with E-state index < -0.39 is 23.8 Å². The number of carbonyl (C=O) groups excluding carboxylic acids is 2. The molecule has 0 bridgehead atoms. The maximum Gasteiger partial charge on any atom is 0.321 e. The van der Waals surface area contributed by atoms with Crippen molar-refractivity contribution in [1.29, 1.82) is 0 Å². The minimum Gasteiger partial charge on any atom is -0.496 e. The van der Waals surface area contributed by atoms with Gasteiger partial charge < -0.3 is 14.4 Å². The molecule has 7 heteroatoms. The van der Waals surface area contributed by atoms with E-state index in [-0.39, 0.29) is 6.61 Å². The fourth-order valence-electron chi connectivity index (χ4n) is 4.03. The molecule has 156 valence electrons. The SMILES string of the molecule is CCOC(=O)[C@H]1C(=O)NC(N2CCc3ccccc3C2)=N[C@H]1c1ccccc1OC. The number of amides is 1. The summed E-state index contributed by atoms with van der Waals surface area (Å²) in [6.07, 6.45) is 0.867. The Balaban J connectivity index is 1.72. The Labute approximate surface area is 175 Å². The second-order valence-electron chi connectivity index (χ2n) is 7.30. The third-order valence-corrected chi connectivity index (χ3v) is 5.52. The fourth-order valence-corrected chi connectivity index (χ4v) is 4.03. The lowest BCUT2D eigenvalue weighted by Crippen LogP contribution is -2.53. The van der Waals surface area contributed by atoms with Crippen LogP contribution in [0.1, 0.15) is 29.7 Å². The molecule has 2 aromatic carbocycles. The predicted molar refractivity (Wildman–Crippen MR) is 112 cm³/mol. The van der Waals surface area contributed by atoms with Crippen LogP contribution < -0.4 is 10.1 Å². The van der Waals surface area contributed by atoms with Crippen molar-refractivity contribution in [3.63, 3.8) is 0 Å². The van der Waals surface area contributed by atoms with Crippen molar-refractivity contribution in [3.8, 4) is 5.75 Å². The number of esters is 1. The number of ether oxygens (including phenoxy) is 2. The van der Waals surface area contributed by atoms with E-state index in [0.717, 1.165) is 13.0 Å². The second kappa shape index (κ2) is 8.57. The first-order chi connectivity index (χ1) is 14.6. The van der Waals surface area contributed by atoms with E-state index in [4.69, 9.17) is 14.5 Å². The molecule has 2 aliphatic rings. The second-order valence-corrected chi connectivity index (χ2v) is 7.30. The molecule has 2 aliphatic heterocycles. The summed E-state index contributed by atoms with van der Waals surface area (Å²) in [5, 5.41) is 2.84. The minimum absolute atomic E-state index is 0.195. The van der Waals surface area contributed by atoms with Crippen molar-refractivity contribution in [2.24, 2.45) is 10.9 Å². The van der Waals surface area contributed by atoms with Gasteiger partial charge in [0.15, 0.2) is 5.92 Å². The third kappa shape index (κ3) is 3.75. The van der Waals surface area contributed by atoms with Crippen LogP contribution >= 0.6 is 0 Å². The molecule has 0 saturated carbocycles. The lowest BCUT2D eigenvalue weighted by molar-refractivity contribution is -0.153. The van der Waals surface area contributed by atoms with Gasteiger partial charge in [-0.15, -0.1) is 0 Å². The Morgan fingerprint density at radius 1 is 1.17 bits per heavy atom. The van der Waals surface area contributed by atoms with Gasteiger partial charge in [-0.05, 0) is 30.5 Å². The summed E-state index contributed by atoms with van der Waals surface area (Å²) in [6.45, 7) is 3.30. The highest BCUT2D eigenvalue weighted by atomic mass is 16.5. The number of aliphatic imine (C=N–C) groups is 1. The zero-order valence-electron chi connectivity index (χ0n) is 17.1. The topological polar surface area (TPSA) is 80.2 Å². The summed E-state index contributed by atoms with van der Waals surface area (Å²) >= 11 is 0. The highest BCUT2D eigenvalue weighted by molar-refractivity contribution is 6.08. The predicted octanol–water partition coefficient (Wildman–Crippen LogP) is 2.46. The first-order valence-corrected chi connectivity index (χ1v) is 10.1. The molecule has 0 aromatic heterocycles. The molecule has 0 spiro atoms. The molecule has 2 heterocycles. The highest BCUT2D eigenvalue weighted by Gasteiger charge is 2.43. The molecule has 0 radical (unpaired) electrons. The largest absolute Gasteiger partial charge is 0.496 e. The molecular formula is C23H25N3O4. The van der Waals surface area contributed by atoms with Gasteiger partial charge >= 0.3 is 5.97 Å². The molecule has 1 amide bonds.